The molecule has 1 aliphatic rings. The van der Waals surface area contributed by atoms with E-state index in [9.17, 15) is 0 Å². The minimum absolute atomic E-state index is 0.0373. The smallest absolute Gasteiger partial charge is 0.218 e. The molecule has 0 bridgehead atoms. The Morgan fingerprint density at radius 3 is 2.38 bits per heavy atom. The molecule has 6 N–H and O–H groups in total. The van der Waals surface area contributed by atoms with E-state index in [1.54, 1.807) is 0 Å². The maximum absolute atomic E-state index is 5.59. The van der Waals surface area contributed by atoms with Crippen molar-refractivity contribution in [3.05, 3.63) is 0 Å². The maximum atomic E-state index is 5.59. The van der Waals surface area contributed by atoms with Gasteiger partial charge in [0.25, 0.3) is 0 Å². The van der Waals surface area contributed by atoms with Crippen LogP contribution in [-0.2, 0) is 0 Å². The molecule has 1 heterocycles. The van der Waals surface area contributed by atoms with Crippen molar-refractivity contribution in [2.24, 2.45) is 27.2 Å². The van der Waals surface area contributed by atoms with Crippen LogP contribution in [0.25, 0.3) is 0 Å². The summed E-state index contributed by atoms with van der Waals surface area (Å²) in [6, 6.07) is 0.260. The van der Waals surface area contributed by atoms with Crippen LogP contribution in [0.3, 0.4) is 0 Å². The molecular weight excluding hydrogens is 204 g/mol. The SMILES string of the molecule is CCCN1CCC(N=C(N)N=C(N)N)CC1. The third-order valence-corrected chi connectivity index (χ3v) is 2.66. The van der Waals surface area contributed by atoms with Gasteiger partial charge in [-0.15, -0.1) is 0 Å². The average Bonchev–Trinajstić information content (AvgIpc) is 2.20. The van der Waals surface area contributed by atoms with E-state index in [0.29, 0.717) is 0 Å². The molecule has 16 heavy (non-hydrogen) atoms. The number of hydrogen-bond acceptors (Lipinski definition) is 2. The van der Waals surface area contributed by atoms with Crippen LogP contribution in [0.5, 0.6) is 0 Å². The van der Waals surface area contributed by atoms with Crippen molar-refractivity contribution in [3.8, 4) is 0 Å². The van der Waals surface area contributed by atoms with Gasteiger partial charge in [-0.3, -0.25) is 0 Å². The third kappa shape index (κ3) is 4.48. The summed E-state index contributed by atoms with van der Waals surface area (Å²) in [5.41, 5.74) is 16.0. The van der Waals surface area contributed by atoms with E-state index >= 15 is 0 Å². The maximum Gasteiger partial charge on any atom is 0.218 e. The van der Waals surface area contributed by atoms with E-state index < -0.39 is 0 Å². The second kappa shape index (κ2) is 6.32. The van der Waals surface area contributed by atoms with Gasteiger partial charge in [0, 0.05) is 13.1 Å². The van der Waals surface area contributed by atoms with E-state index in [4.69, 9.17) is 17.2 Å². The van der Waals surface area contributed by atoms with Crippen molar-refractivity contribution >= 4 is 11.9 Å². The lowest BCUT2D eigenvalue weighted by Gasteiger charge is -2.29. The Kier molecular flexibility index (Phi) is 5.04. The van der Waals surface area contributed by atoms with Gasteiger partial charge in [-0.25, -0.2) is 4.99 Å². The molecule has 92 valence electrons. The average molecular weight is 226 g/mol. The van der Waals surface area contributed by atoms with E-state index in [2.05, 4.69) is 21.8 Å². The Bertz CT molecular complexity index is 260. The van der Waals surface area contributed by atoms with Crippen molar-refractivity contribution in [3.63, 3.8) is 0 Å². The molecule has 0 spiro atoms. The summed E-state index contributed by atoms with van der Waals surface area (Å²) >= 11 is 0. The number of guanidine groups is 2. The first-order valence-corrected chi connectivity index (χ1v) is 5.77. The Morgan fingerprint density at radius 2 is 1.88 bits per heavy atom. The molecule has 0 aromatic heterocycles. The monoisotopic (exact) mass is 226 g/mol. The number of nitrogens with zero attached hydrogens (tertiary/aromatic N) is 3. The minimum atomic E-state index is -0.0373. The summed E-state index contributed by atoms with van der Waals surface area (Å²) in [4.78, 5) is 10.5. The van der Waals surface area contributed by atoms with E-state index in [-0.39, 0.29) is 18.0 Å². The Morgan fingerprint density at radius 1 is 1.25 bits per heavy atom. The summed E-state index contributed by atoms with van der Waals surface area (Å²) in [5.74, 6) is 0.151. The second-order valence-electron chi connectivity index (χ2n) is 4.10. The van der Waals surface area contributed by atoms with Gasteiger partial charge >= 0.3 is 0 Å². The molecule has 0 atom stereocenters. The van der Waals surface area contributed by atoms with Gasteiger partial charge in [-0.05, 0) is 25.8 Å². The third-order valence-electron chi connectivity index (χ3n) is 2.66. The highest BCUT2D eigenvalue weighted by atomic mass is 15.2. The zero-order chi connectivity index (χ0) is 12.0. The zero-order valence-corrected chi connectivity index (χ0v) is 9.89. The van der Waals surface area contributed by atoms with Crippen molar-refractivity contribution in [2.45, 2.75) is 32.2 Å². The normalized spacial score (nSPS) is 19.7. The number of nitrogens with two attached hydrogens (primary N) is 3. The number of aliphatic imine (C=N–C) groups is 2. The second-order valence-corrected chi connectivity index (χ2v) is 4.10. The molecule has 0 aliphatic carbocycles. The van der Waals surface area contributed by atoms with Gasteiger partial charge < -0.3 is 22.1 Å². The van der Waals surface area contributed by atoms with Crippen molar-refractivity contribution < 1.29 is 0 Å². The van der Waals surface area contributed by atoms with Crippen molar-refractivity contribution in [2.75, 3.05) is 19.6 Å². The Hall–Kier alpha value is -1.30. The number of likely N-dealkylation sites (tertiary alicyclic amines) is 1. The van der Waals surface area contributed by atoms with Crippen LogP contribution in [0.2, 0.25) is 0 Å². The van der Waals surface area contributed by atoms with Crippen LogP contribution in [-0.4, -0.2) is 42.5 Å². The fourth-order valence-electron chi connectivity index (χ4n) is 1.94. The largest absolute Gasteiger partial charge is 0.370 e. The standard InChI is InChI=1S/C10H22N6/c1-2-5-16-6-3-8(4-7-16)14-10(13)15-9(11)12/h8H,2-7H2,1H3,(H6,11,12,13,14,15). The van der Waals surface area contributed by atoms with Crippen LogP contribution in [0.4, 0.5) is 0 Å². The quantitative estimate of drug-likeness (QED) is 0.443. The van der Waals surface area contributed by atoms with Crippen molar-refractivity contribution in [1.82, 2.24) is 4.90 Å². The number of piperidine rings is 1. The van der Waals surface area contributed by atoms with Gasteiger partial charge in [-0.1, -0.05) is 6.92 Å². The van der Waals surface area contributed by atoms with E-state index in [1.807, 2.05) is 0 Å². The van der Waals surface area contributed by atoms with Gasteiger partial charge in [-0.2, -0.15) is 4.99 Å². The molecule has 0 amide bonds. The predicted octanol–water partition coefficient (Wildman–Crippen LogP) is -0.551. The van der Waals surface area contributed by atoms with Crippen LogP contribution < -0.4 is 17.2 Å². The van der Waals surface area contributed by atoms with Crippen molar-refractivity contribution in [1.29, 1.82) is 0 Å². The Labute approximate surface area is 96.6 Å². The van der Waals surface area contributed by atoms with E-state index in [0.717, 1.165) is 25.9 Å². The van der Waals surface area contributed by atoms with Crippen LogP contribution in [0.15, 0.2) is 9.98 Å². The van der Waals surface area contributed by atoms with E-state index in [1.165, 1.54) is 13.0 Å². The molecule has 0 radical (unpaired) electrons. The van der Waals surface area contributed by atoms with Crippen LogP contribution in [0.1, 0.15) is 26.2 Å². The minimum Gasteiger partial charge on any atom is -0.370 e. The molecule has 0 aromatic rings. The van der Waals surface area contributed by atoms with Crippen LogP contribution >= 0.6 is 0 Å². The molecule has 1 fully saturated rings. The summed E-state index contributed by atoms with van der Waals surface area (Å²) in [5, 5.41) is 0. The lowest BCUT2D eigenvalue weighted by molar-refractivity contribution is 0.214. The first kappa shape index (κ1) is 12.8. The topological polar surface area (TPSA) is 106 Å². The molecule has 0 saturated carbocycles. The van der Waals surface area contributed by atoms with Gasteiger partial charge in [0.2, 0.25) is 5.96 Å². The summed E-state index contributed by atoms with van der Waals surface area (Å²) in [7, 11) is 0. The van der Waals surface area contributed by atoms with Crippen LogP contribution in [0, 0.1) is 0 Å². The molecule has 1 rings (SSSR count). The lowest BCUT2D eigenvalue weighted by Crippen LogP contribution is -2.36. The molecular formula is C10H22N6. The summed E-state index contributed by atoms with van der Waals surface area (Å²) < 4.78 is 0. The Balaban J connectivity index is 2.39. The summed E-state index contributed by atoms with van der Waals surface area (Å²) in [6.45, 7) is 5.52. The molecule has 0 unspecified atom stereocenters. The highest BCUT2D eigenvalue weighted by Gasteiger charge is 2.17. The van der Waals surface area contributed by atoms with Gasteiger partial charge in [0.05, 0.1) is 6.04 Å². The molecule has 1 saturated heterocycles. The lowest BCUT2D eigenvalue weighted by atomic mass is 10.1. The fourth-order valence-corrected chi connectivity index (χ4v) is 1.94. The number of rotatable bonds is 3. The zero-order valence-electron chi connectivity index (χ0n) is 9.89. The molecule has 6 heteroatoms. The van der Waals surface area contributed by atoms with Gasteiger partial charge in [0.15, 0.2) is 5.96 Å². The summed E-state index contributed by atoms with van der Waals surface area (Å²) in [6.07, 6.45) is 3.26. The molecule has 1 aliphatic heterocycles. The highest BCUT2D eigenvalue weighted by Crippen LogP contribution is 2.13. The fraction of sp³-hybridized carbons (Fsp3) is 0.800. The predicted molar refractivity (Wildman–Crippen MR) is 67.2 cm³/mol. The molecule has 6 nitrogen and oxygen atoms in total. The highest BCUT2D eigenvalue weighted by molar-refractivity contribution is 5.92. The van der Waals surface area contributed by atoms with Gasteiger partial charge in [0.1, 0.15) is 0 Å². The first-order valence-electron chi connectivity index (χ1n) is 5.77. The number of hydrogen-bond donors (Lipinski definition) is 3. The first-order chi connectivity index (χ1) is 7.61. The molecule has 0 aromatic carbocycles.